The van der Waals surface area contributed by atoms with Crippen LogP contribution in [0.25, 0.3) is 67.5 Å². The summed E-state index contributed by atoms with van der Waals surface area (Å²) in [5.41, 5.74) is 20.9. The molecule has 0 saturated heterocycles. The molecule has 0 bridgehead atoms. The fourth-order valence-electron chi connectivity index (χ4n) is 13.8. The topological polar surface area (TPSA) is 336 Å². The van der Waals surface area contributed by atoms with Gasteiger partial charge < -0.3 is 27.1 Å². The molecule has 0 aliphatic heterocycles. The quantitative estimate of drug-likeness (QED) is 0.0288. The highest BCUT2D eigenvalue weighted by Crippen LogP contribution is 2.32. The van der Waals surface area contributed by atoms with E-state index in [1.165, 1.54) is 53.5 Å². The van der Waals surface area contributed by atoms with Crippen LogP contribution in [0.1, 0.15) is 181 Å². The summed E-state index contributed by atoms with van der Waals surface area (Å²) in [6, 6.07) is 76.6. The number of hydrogen-bond acceptors (Lipinski definition) is 24. The van der Waals surface area contributed by atoms with Gasteiger partial charge in [-0.1, -0.05) is 280 Å². The van der Waals surface area contributed by atoms with Gasteiger partial charge in [-0.2, -0.15) is 0 Å². The van der Waals surface area contributed by atoms with Crippen molar-refractivity contribution in [2.24, 2.45) is 0 Å². The van der Waals surface area contributed by atoms with Crippen LogP contribution in [-0.2, 0) is 44.9 Å². The molecule has 714 valence electrons. The van der Waals surface area contributed by atoms with Crippen LogP contribution in [0.3, 0.4) is 0 Å². The van der Waals surface area contributed by atoms with Crippen LogP contribution < -0.4 is 0 Å². The van der Waals surface area contributed by atoms with E-state index in [0.29, 0.717) is 141 Å². The molecule has 0 spiro atoms. The fourth-order valence-corrected chi connectivity index (χ4v) is 15.4. The van der Waals surface area contributed by atoms with Crippen LogP contribution in [0.4, 0.5) is 0 Å². The summed E-state index contributed by atoms with van der Waals surface area (Å²) < 4.78 is 32.9. The molecule has 0 radical (unpaired) electrons. The number of halogens is 7. The maximum Gasteiger partial charge on any atom is 0.166 e. The number of aryl methyl sites for hydroxylation is 13. The van der Waals surface area contributed by atoms with E-state index in [-0.39, 0.29) is 69.4 Å². The molecule has 0 N–H and O–H groups in total. The largest absolute Gasteiger partial charge is 0.361 e. The van der Waals surface area contributed by atoms with E-state index in [0.717, 1.165) is 101 Å². The molecule has 12 heterocycles. The number of ketones is 6. The standard InChI is InChI=1S/C20H20N2O2.C19H18N2O2.2C18H14Cl2N2O2.C18H16N2O2.C17H11BrCl2N2O2/c1-3-15-5-8-16(9-6-15)19-12-18(24-22-19)10-11-20(23)17-7-4-14(2)21-13-17;1-13-3-6-15(7-4-13)18-11-17(23-21-18)9-10-19(22)16-8-5-14(2)20-12-16;1-11-2-4-12(5-3-11)16-9-14(24-22-16)6-7-17(23)15-8-13(19)10-21-18(15)20;1-11-3-2-4-12(7-11)16-9-14(24-22-16)5-6-17(23)15-8-13(19)10-21-18(15)20;1-13-7-8-15(12-19-13)18(21)10-9-16-11-17(20-22-16)14-5-3-2-4-6-14;18-14-4-2-1-3-12(14)15-8-11(24-22-15)5-6-16(23)13-7-10(19)9-21-17(13)20/h4-9,12-13H,3,10-11H2,1-2H3;3-8,11-12H,9-10H2,1-2H3;2-5,8-10H,6-7H2,1H3;2-4,7-10H,5-6H2,1H3;2-8,11-12H,9-10H2,1H3;1-4,7-9H,5-6H2. The number of rotatable bonds is 31. The van der Waals surface area contributed by atoms with Crippen molar-refractivity contribution in [1.29, 1.82) is 0 Å². The van der Waals surface area contributed by atoms with E-state index >= 15 is 0 Å². The zero-order valence-corrected chi connectivity index (χ0v) is 83.8. The smallest absolute Gasteiger partial charge is 0.166 e. The molecule has 18 rings (SSSR count). The number of carbonyl (C=O) groups is 6. The first-order valence-electron chi connectivity index (χ1n) is 44.8. The van der Waals surface area contributed by atoms with Crippen LogP contribution >= 0.6 is 85.5 Å². The molecule has 0 atom stereocenters. The van der Waals surface area contributed by atoms with Crippen LogP contribution in [0.2, 0.25) is 30.5 Å². The predicted octanol–water partition coefficient (Wildman–Crippen LogP) is 28.4. The van der Waals surface area contributed by atoms with Crippen LogP contribution in [-0.4, -0.2) is 95.5 Å². The Morgan fingerprint density at radius 3 is 0.879 bits per heavy atom. The van der Waals surface area contributed by atoms with Crippen LogP contribution in [0.5, 0.6) is 0 Å². The third kappa shape index (κ3) is 31.4. The number of pyridine rings is 6. The molecule has 141 heavy (non-hydrogen) atoms. The normalized spacial score (nSPS) is 10.7. The van der Waals surface area contributed by atoms with Gasteiger partial charge >= 0.3 is 0 Å². The predicted molar refractivity (Wildman–Crippen MR) is 549 cm³/mol. The molecule has 0 saturated carbocycles. The monoisotopic (exact) mass is 2060 g/mol. The number of benzene rings is 6. The molecule has 0 fully saturated rings. The molecule has 18 aromatic rings. The van der Waals surface area contributed by atoms with Crippen molar-refractivity contribution in [3.63, 3.8) is 0 Å². The number of Topliss-reactive ketones (excluding diaryl/α,β-unsaturated/α-hetero) is 6. The third-order valence-electron chi connectivity index (χ3n) is 21.8. The van der Waals surface area contributed by atoms with Gasteiger partial charge in [-0.15, -0.1) is 0 Å². The second-order valence-corrected chi connectivity index (χ2v) is 35.9. The zero-order chi connectivity index (χ0) is 99.9. The Hall–Kier alpha value is -14.3. The van der Waals surface area contributed by atoms with Crippen molar-refractivity contribution >= 4 is 120 Å². The van der Waals surface area contributed by atoms with Gasteiger partial charge in [-0.25, -0.2) is 15.0 Å². The Kier molecular flexibility index (Phi) is 38.1. The summed E-state index contributed by atoms with van der Waals surface area (Å²) in [6.07, 6.45) is 14.8. The first-order chi connectivity index (χ1) is 68.1. The third-order valence-corrected chi connectivity index (χ3v) is 24.1. The summed E-state index contributed by atoms with van der Waals surface area (Å²) in [5.74, 6) is 3.83. The number of aromatic nitrogens is 12. The first-order valence-corrected chi connectivity index (χ1v) is 47.9. The number of carbonyl (C=O) groups excluding carboxylic acids is 6. The number of hydrogen-bond donors (Lipinski definition) is 0. The SMILES string of the molecule is CCc1ccc(-c2cc(CCC(=O)c3ccc(C)nc3)on2)cc1.Cc1ccc(-c2cc(CCC(=O)c3cc(Cl)cnc3Cl)on2)cc1.Cc1ccc(-c2cc(CCC(=O)c3ccc(C)nc3)on2)cc1.Cc1ccc(C(=O)CCc2cc(-c3ccccc3)no2)cn1.Cc1cccc(-c2cc(CCC(=O)c3cc(Cl)cnc3Cl)on2)c1.O=C(CCc1cc(-c2ccccc2Br)no1)c1cc(Cl)cnc1Cl. The fraction of sp³-hybridized carbons (Fsp3) is 0.182. The molecule has 6 aromatic carbocycles. The molecular weight excluding hydrogens is 1970 g/mol. The average molecular weight is 2070 g/mol. The molecule has 0 unspecified atom stereocenters. The average Bonchev–Trinajstić information content (AvgIpc) is 1.78. The van der Waals surface area contributed by atoms with E-state index in [2.05, 4.69) is 95.8 Å². The second-order valence-electron chi connectivity index (χ2n) is 32.6. The lowest BCUT2D eigenvalue weighted by Crippen LogP contribution is -2.03. The van der Waals surface area contributed by atoms with Crippen molar-refractivity contribution < 1.29 is 55.9 Å². The highest BCUT2D eigenvalue weighted by molar-refractivity contribution is 9.10. The minimum absolute atomic E-state index is 0.0603. The Labute approximate surface area is 852 Å². The van der Waals surface area contributed by atoms with E-state index in [1.54, 1.807) is 24.7 Å². The van der Waals surface area contributed by atoms with Crippen molar-refractivity contribution in [3.05, 3.63) is 422 Å². The van der Waals surface area contributed by atoms with Gasteiger partial charge in [-0.3, -0.25) is 43.7 Å². The molecule has 31 heteroatoms. The maximum absolute atomic E-state index is 12.3. The maximum atomic E-state index is 12.3. The molecule has 0 aliphatic rings. The van der Waals surface area contributed by atoms with Crippen molar-refractivity contribution in [3.8, 4) is 67.5 Å². The van der Waals surface area contributed by atoms with Gasteiger partial charge in [0.1, 0.15) is 84.2 Å². The Morgan fingerprint density at radius 1 is 0.270 bits per heavy atom. The van der Waals surface area contributed by atoms with Gasteiger partial charge in [0.15, 0.2) is 34.7 Å². The number of nitrogens with zero attached hydrogens (tertiary/aromatic N) is 12. The van der Waals surface area contributed by atoms with Crippen LogP contribution in [0, 0.1) is 41.5 Å². The highest BCUT2D eigenvalue weighted by Gasteiger charge is 2.22. The van der Waals surface area contributed by atoms with Gasteiger partial charge in [0.05, 0.1) is 31.8 Å². The zero-order valence-electron chi connectivity index (χ0n) is 77.7. The van der Waals surface area contributed by atoms with Crippen molar-refractivity contribution in [2.75, 3.05) is 0 Å². The minimum Gasteiger partial charge on any atom is -0.361 e. The summed E-state index contributed by atoms with van der Waals surface area (Å²) in [7, 11) is 0. The molecule has 24 nitrogen and oxygen atoms in total. The summed E-state index contributed by atoms with van der Waals surface area (Å²) in [5, 5.41) is 26.0. The minimum atomic E-state index is -0.145. The van der Waals surface area contributed by atoms with Gasteiger partial charge in [-0.05, 0) is 120 Å². The lowest BCUT2D eigenvalue weighted by atomic mass is 10.1. The van der Waals surface area contributed by atoms with Crippen LogP contribution in [0.15, 0.2) is 311 Å². The summed E-state index contributed by atoms with van der Waals surface area (Å²) >= 11 is 38.9. The van der Waals surface area contributed by atoms with Crippen molar-refractivity contribution in [1.82, 2.24) is 60.8 Å². The lowest BCUT2D eigenvalue weighted by Gasteiger charge is -2.02. The highest BCUT2D eigenvalue weighted by atomic mass is 79.9. The molecular formula is C110H93BrCl6N12O12. The van der Waals surface area contributed by atoms with Gasteiger partial charge in [0, 0.05) is 222 Å². The first kappa shape index (κ1) is 104. The second kappa shape index (κ2) is 51.6. The van der Waals surface area contributed by atoms with Crippen molar-refractivity contribution in [2.45, 2.75) is 132 Å². The van der Waals surface area contributed by atoms with Gasteiger partial charge in [0.25, 0.3) is 0 Å². The summed E-state index contributed by atoms with van der Waals surface area (Å²) in [6.45, 7) is 13.9. The molecule has 0 amide bonds. The lowest BCUT2D eigenvalue weighted by molar-refractivity contribution is 0.0972. The molecule has 0 aliphatic carbocycles. The molecule has 12 aromatic heterocycles. The Morgan fingerprint density at radius 2 is 0.560 bits per heavy atom. The Balaban J connectivity index is 0.000000142. The summed E-state index contributed by atoms with van der Waals surface area (Å²) in [4.78, 5) is 97.3. The van der Waals surface area contributed by atoms with E-state index in [4.69, 9.17) is 96.7 Å². The van der Waals surface area contributed by atoms with E-state index < -0.39 is 0 Å². The van der Waals surface area contributed by atoms with E-state index in [9.17, 15) is 28.8 Å². The van der Waals surface area contributed by atoms with Gasteiger partial charge in [0.2, 0.25) is 0 Å². The van der Waals surface area contributed by atoms with E-state index in [1.807, 2.05) is 248 Å². The Bertz CT molecular complexity index is 7280.